The molecular formula is C16H24N2O4. The largest absolute Gasteiger partial charge is 0.453 e. The summed E-state index contributed by atoms with van der Waals surface area (Å²) in [6.07, 6.45) is 0.341. The van der Waals surface area contributed by atoms with Crippen LogP contribution in [0.15, 0.2) is 16.5 Å². The Kier molecular flexibility index (Phi) is 4.90. The van der Waals surface area contributed by atoms with Crippen molar-refractivity contribution >= 4 is 11.8 Å². The SMILES string of the molecule is COCc1ccc(C(=O)N[C@@H]2CC(=O)N(CC(C)(C)C)C2)o1. The zero-order chi connectivity index (χ0) is 16.3. The number of ether oxygens (including phenoxy) is 1. The lowest BCUT2D eigenvalue weighted by atomic mass is 9.96. The molecule has 22 heavy (non-hydrogen) atoms. The second kappa shape index (κ2) is 6.52. The maximum atomic E-state index is 12.1. The Morgan fingerprint density at radius 2 is 2.18 bits per heavy atom. The Morgan fingerprint density at radius 1 is 1.45 bits per heavy atom. The molecule has 2 heterocycles. The number of furan rings is 1. The van der Waals surface area contributed by atoms with Gasteiger partial charge in [-0.3, -0.25) is 9.59 Å². The fourth-order valence-electron chi connectivity index (χ4n) is 2.57. The first-order valence-corrected chi connectivity index (χ1v) is 7.45. The number of carbonyl (C=O) groups is 2. The van der Waals surface area contributed by atoms with Gasteiger partial charge in [0.15, 0.2) is 5.76 Å². The van der Waals surface area contributed by atoms with Crippen molar-refractivity contribution in [2.24, 2.45) is 5.41 Å². The Morgan fingerprint density at radius 3 is 2.82 bits per heavy atom. The molecule has 2 rings (SSSR count). The lowest BCUT2D eigenvalue weighted by Gasteiger charge is -2.26. The molecule has 1 aliphatic rings. The minimum absolute atomic E-state index is 0.0463. The molecule has 1 fully saturated rings. The van der Waals surface area contributed by atoms with E-state index in [4.69, 9.17) is 9.15 Å². The van der Waals surface area contributed by atoms with Crippen LogP contribution in [-0.2, 0) is 16.1 Å². The summed E-state index contributed by atoms with van der Waals surface area (Å²) in [4.78, 5) is 26.0. The molecule has 0 unspecified atom stereocenters. The number of methoxy groups -OCH3 is 1. The number of carbonyl (C=O) groups excluding carboxylic acids is 2. The highest BCUT2D eigenvalue weighted by Crippen LogP contribution is 2.20. The first kappa shape index (κ1) is 16.5. The third-order valence-electron chi connectivity index (χ3n) is 3.39. The van der Waals surface area contributed by atoms with Crippen molar-refractivity contribution in [3.8, 4) is 0 Å². The van der Waals surface area contributed by atoms with Gasteiger partial charge in [0.2, 0.25) is 5.91 Å². The number of hydrogen-bond acceptors (Lipinski definition) is 4. The first-order valence-electron chi connectivity index (χ1n) is 7.45. The van der Waals surface area contributed by atoms with Gasteiger partial charge in [-0.1, -0.05) is 20.8 Å². The number of likely N-dealkylation sites (tertiary alicyclic amines) is 1. The van der Waals surface area contributed by atoms with Crippen LogP contribution >= 0.6 is 0 Å². The smallest absolute Gasteiger partial charge is 0.287 e. The number of amides is 2. The molecule has 0 aromatic carbocycles. The third kappa shape index (κ3) is 4.34. The maximum Gasteiger partial charge on any atom is 0.287 e. The molecule has 1 aromatic heterocycles. The molecule has 6 heteroatoms. The van der Waals surface area contributed by atoms with Crippen molar-refractivity contribution in [3.05, 3.63) is 23.7 Å². The van der Waals surface area contributed by atoms with Gasteiger partial charge in [-0.05, 0) is 17.5 Å². The fourth-order valence-corrected chi connectivity index (χ4v) is 2.57. The van der Waals surface area contributed by atoms with Crippen LogP contribution in [0.3, 0.4) is 0 Å². The summed E-state index contributed by atoms with van der Waals surface area (Å²) in [5.41, 5.74) is 0.0463. The van der Waals surface area contributed by atoms with Crippen LogP contribution in [-0.4, -0.2) is 43.0 Å². The lowest BCUT2D eigenvalue weighted by Crippen LogP contribution is -2.39. The van der Waals surface area contributed by atoms with Crippen molar-refractivity contribution < 1.29 is 18.7 Å². The first-order chi connectivity index (χ1) is 10.3. The van der Waals surface area contributed by atoms with Crippen molar-refractivity contribution in [2.75, 3.05) is 20.2 Å². The number of rotatable bonds is 5. The van der Waals surface area contributed by atoms with E-state index in [0.29, 0.717) is 31.9 Å². The number of nitrogens with one attached hydrogen (secondary N) is 1. The molecule has 0 saturated carbocycles. The molecule has 0 radical (unpaired) electrons. The van der Waals surface area contributed by atoms with Gasteiger partial charge in [-0.15, -0.1) is 0 Å². The molecule has 1 saturated heterocycles. The van der Waals surface area contributed by atoms with Gasteiger partial charge in [-0.2, -0.15) is 0 Å². The molecule has 1 aliphatic heterocycles. The van der Waals surface area contributed by atoms with E-state index in [-0.39, 0.29) is 29.0 Å². The summed E-state index contributed by atoms with van der Waals surface area (Å²) < 4.78 is 10.3. The second-order valence-corrected chi connectivity index (χ2v) is 6.91. The lowest BCUT2D eigenvalue weighted by molar-refractivity contribution is -0.128. The predicted octanol–water partition coefficient (Wildman–Crippen LogP) is 1.80. The van der Waals surface area contributed by atoms with Crippen molar-refractivity contribution in [3.63, 3.8) is 0 Å². The van der Waals surface area contributed by atoms with Crippen LogP contribution in [0.5, 0.6) is 0 Å². The number of nitrogens with zero attached hydrogens (tertiary/aromatic N) is 1. The van der Waals surface area contributed by atoms with Gasteiger partial charge in [0, 0.05) is 26.6 Å². The average Bonchev–Trinajstić information content (AvgIpc) is 2.96. The normalized spacial score (nSPS) is 18.8. The van der Waals surface area contributed by atoms with Crippen LogP contribution < -0.4 is 5.32 Å². The molecule has 0 bridgehead atoms. The quantitative estimate of drug-likeness (QED) is 0.900. The van der Waals surface area contributed by atoms with Crippen LogP contribution in [0.4, 0.5) is 0 Å². The van der Waals surface area contributed by atoms with E-state index < -0.39 is 0 Å². The molecule has 0 aliphatic carbocycles. The van der Waals surface area contributed by atoms with Gasteiger partial charge in [0.1, 0.15) is 12.4 Å². The predicted molar refractivity (Wildman–Crippen MR) is 81.3 cm³/mol. The Hall–Kier alpha value is -1.82. The second-order valence-electron chi connectivity index (χ2n) is 6.91. The van der Waals surface area contributed by atoms with Crippen LogP contribution in [0.2, 0.25) is 0 Å². The Labute approximate surface area is 130 Å². The minimum Gasteiger partial charge on any atom is -0.453 e. The van der Waals surface area contributed by atoms with Crippen molar-refractivity contribution in [1.29, 1.82) is 0 Å². The van der Waals surface area contributed by atoms with Crippen molar-refractivity contribution in [2.45, 2.75) is 39.8 Å². The molecule has 1 atom stereocenters. The highest BCUT2D eigenvalue weighted by atomic mass is 16.5. The van der Waals surface area contributed by atoms with Crippen molar-refractivity contribution in [1.82, 2.24) is 10.2 Å². The highest BCUT2D eigenvalue weighted by molar-refractivity contribution is 5.92. The molecule has 6 nitrogen and oxygen atoms in total. The van der Waals surface area contributed by atoms with E-state index in [9.17, 15) is 9.59 Å². The van der Waals surface area contributed by atoms with E-state index in [1.54, 1.807) is 19.2 Å². The summed E-state index contributed by atoms with van der Waals surface area (Å²) in [5.74, 6) is 0.635. The number of hydrogen-bond donors (Lipinski definition) is 1. The van der Waals surface area contributed by atoms with E-state index >= 15 is 0 Å². The van der Waals surface area contributed by atoms with E-state index in [0.717, 1.165) is 0 Å². The summed E-state index contributed by atoms with van der Waals surface area (Å²) >= 11 is 0. The van der Waals surface area contributed by atoms with Crippen LogP contribution in [0, 0.1) is 5.41 Å². The molecule has 1 aromatic rings. The summed E-state index contributed by atoms with van der Waals surface area (Å²) in [6, 6.07) is 3.16. The molecule has 0 spiro atoms. The monoisotopic (exact) mass is 308 g/mol. The van der Waals surface area contributed by atoms with Gasteiger partial charge in [-0.25, -0.2) is 0 Å². The standard InChI is InChI=1S/C16H24N2O4/c1-16(2,3)10-18-8-11(7-14(18)19)17-15(20)13-6-5-12(22-13)9-21-4/h5-6,11H,7-10H2,1-4H3,(H,17,20)/t11-/m1/s1. The van der Waals surface area contributed by atoms with Gasteiger partial charge in [0.25, 0.3) is 5.91 Å². The fraction of sp³-hybridized carbons (Fsp3) is 0.625. The zero-order valence-electron chi connectivity index (χ0n) is 13.6. The van der Waals surface area contributed by atoms with E-state index in [2.05, 4.69) is 26.1 Å². The molecular weight excluding hydrogens is 284 g/mol. The van der Waals surface area contributed by atoms with Crippen LogP contribution in [0.25, 0.3) is 0 Å². The zero-order valence-corrected chi connectivity index (χ0v) is 13.6. The average molecular weight is 308 g/mol. The summed E-state index contributed by atoms with van der Waals surface area (Å²) in [5, 5.41) is 2.86. The molecule has 1 N–H and O–H groups in total. The molecule has 2 amide bonds. The summed E-state index contributed by atoms with van der Waals surface area (Å²) in [7, 11) is 1.57. The van der Waals surface area contributed by atoms with Gasteiger partial charge >= 0.3 is 0 Å². The Balaban J connectivity index is 1.91. The third-order valence-corrected chi connectivity index (χ3v) is 3.39. The maximum absolute atomic E-state index is 12.1. The minimum atomic E-state index is -0.294. The summed E-state index contributed by atoms with van der Waals surface area (Å²) in [6.45, 7) is 7.84. The van der Waals surface area contributed by atoms with E-state index in [1.165, 1.54) is 0 Å². The highest BCUT2D eigenvalue weighted by Gasteiger charge is 2.33. The van der Waals surface area contributed by atoms with Gasteiger partial charge in [0.05, 0.1) is 6.04 Å². The Bertz CT molecular complexity index is 545. The van der Waals surface area contributed by atoms with Gasteiger partial charge < -0.3 is 19.4 Å². The molecule has 122 valence electrons. The topological polar surface area (TPSA) is 71.8 Å². The van der Waals surface area contributed by atoms with Crippen LogP contribution in [0.1, 0.15) is 43.5 Å². The van der Waals surface area contributed by atoms with E-state index in [1.807, 2.05) is 4.90 Å².